The van der Waals surface area contributed by atoms with E-state index < -0.39 is 11.6 Å². The zero-order valence-electron chi connectivity index (χ0n) is 20.8. The molecule has 0 atom stereocenters. The molecular weight excluding hydrogens is 524 g/mol. The summed E-state index contributed by atoms with van der Waals surface area (Å²) in [5.74, 6) is -1.56. The topological polar surface area (TPSA) is 73.9 Å². The first-order chi connectivity index (χ1) is 18.5. The average molecular weight is 550 g/mol. The number of unbranched alkanes of at least 4 members (excludes halogenated alkanes) is 1. The highest BCUT2D eigenvalue weighted by atomic mass is 32.1. The number of thiophene rings is 1. The standard InChI is InChI=1S/C28H25F2N5OS2/c1-2-3-12-36-21-14-23(29)26(24(30)15-21)18(17-31)13-22-16-25-27(37-22)32-28(38-25)34-33-19-6-8-20(9-7-19)35-10-4-5-11-35/h6-9,13-16H,2-5,10-12H2,1H3/b18-13+,34-33+. The fraction of sp³-hybridized carbons (Fsp3) is 0.286. The molecule has 1 aliphatic heterocycles. The predicted molar refractivity (Wildman–Crippen MR) is 150 cm³/mol. The molecule has 0 saturated carbocycles. The van der Waals surface area contributed by atoms with Crippen LogP contribution >= 0.6 is 22.7 Å². The molecule has 6 nitrogen and oxygen atoms in total. The summed E-state index contributed by atoms with van der Waals surface area (Å²) < 4.78 is 35.7. The number of thiazole rings is 1. The molecule has 0 aliphatic carbocycles. The fourth-order valence-electron chi connectivity index (χ4n) is 4.19. The van der Waals surface area contributed by atoms with Gasteiger partial charge in [-0.1, -0.05) is 24.7 Å². The first-order valence-electron chi connectivity index (χ1n) is 12.4. The lowest BCUT2D eigenvalue weighted by Crippen LogP contribution is -2.17. The van der Waals surface area contributed by atoms with E-state index in [1.165, 1.54) is 47.3 Å². The number of nitriles is 1. The second-order valence-corrected chi connectivity index (χ2v) is 10.9. The second-order valence-electron chi connectivity index (χ2n) is 8.86. The van der Waals surface area contributed by atoms with Gasteiger partial charge in [-0.05, 0) is 55.7 Å². The molecule has 1 fully saturated rings. The summed E-state index contributed by atoms with van der Waals surface area (Å²) in [5, 5.41) is 18.7. The number of anilines is 1. The van der Waals surface area contributed by atoms with Crippen molar-refractivity contribution in [3.63, 3.8) is 0 Å². The van der Waals surface area contributed by atoms with Gasteiger partial charge in [0.05, 0.1) is 28.1 Å². The summed E-state index contributed by atoms with van der Waals surface area (Å²) in [4.78, 5) is 8.26. The van der Waals surface area contributed by atoms with E-state index in [9.17, 15) is 14.0 Å². The molecule has 0 N–H and O–H groups in total. The van der Waals surface area contributed by atoms with Crippen LogP contribution in [0.5, 0.6) is 5.75 Å². The lowest BCUT2D eigenvalue weighted by molar-refractivity contribution is 0.306. The van der Waals surface area contributed by atoms with Crippen molar-refractivity contribution in [2.24, 2.45) is 10.2 Å². The van der Waals surface area contributed by atoms with Crippen LogP contribution in [0.4, 0.5) is 25.3 Å². The Morgan fingerprint density at radius 3 is 2.50 bits per heavy atom. The second kappa shape index (κ2) is 11.8. The van der Waals surface area contributed by atoms with Crippen molar-refractivity contribution in [1.29, 1.82) is 5.26 Å². The van der Waals surface area contributed by atoms with Crippen LogP contribution in [0.3, 0.4) is 0 Å². The largest absolute Gasteiger partial charge is 0.493 e. The molecule has 1 saturated heterocycles. The Morgan fingerprint density at radius 2 is 1.84 bits per heavy atom. The van der Waals surface area contributed by atoms with E-state index in [1.54, 1.807) is 0 Å². The number of aromatic nitrogens is 1. The first kappa shape index (κ1) is 25.9. The first-order valence-corrected chi connectivity index (χ1v) is 14.1. The minimum Gasteiger partial charge on any atom is -0.493 e. The van der Waals surface area contributed by atoms with Gasteiger partial charge in [-0.25, -0.2) is 13.8 Å². The number of hydrogen-bond acceptors (Lipinski definition) is 8. The van der Waals surface area contributed by atoms with Gasteiger partial charge in [-0.3, -0.25) is 0 Å². The molecule has 2 aromatic heterocycles. The summed E-state index contributed by atoms with van der Waals surface area (Å²) in [6, 6.07) is 14.0. The van der Waals surface area contributed by atoms with Gasteiger partial charge in [-0.15, -0.1) is 21.6 Å². The molecule has 0 bridgehead atoms. The molecule has 4 aromatic rings. The summed E-state index contributed by atoms with van der Waals surface area (Å²) in [5.41, 5.74) is 1.47. The van der Waals surface area contributed by atoms with Gasteiger partial charge >= 0.3 is 0 Å². The van der Waals surface area contributed by atoms with E-state index in [4.69, 9.17) is 4.74 Å². The number of halogens is 2. The Hall–Kier alpha value is -3.68. The minimum absolute atomic E-state index is 0.105. The maximum absolute atomic E-state index is 14.7. The molecule has 2 aromatic carbocycles. The van der Waals surface area contributed by atoms with Gasteiger partial charge < -0.3 is 9.64 Å². The number of hydrogen-bond donors (Lipinski definition) is 0. The van der Waals surface area contributed by atoms with E-state index in [0.29, 0.717) is 16.6 Å². The number of benzene rings is 2. The lowest BCUT2D eigenvalue weighted by atomic mass is 10.0. The zero-order chi connectivity index (χ0) is 26.5. The number of ether oxygens (including phenoxy) is 1. The molecule has 3 heterocycles. The van der Waals surface area contributed by atoms with Gasteiger partial charge in [-0.2, -0.15) is 5.26 Å². The highest BCUT2D eigenvalue weighted by molar-refractivity contribution is 7.29. The van der Waals surface area contributed by atoms with E-state index in [0.717, 1.165) is 53.3 Å². The molecule has 38 heavy (non-hydrogen) atoms. The Labute approximate surface area is 227 Å². The summed E-state index contributed by atoms with van der Waals surface area (Å²) in [6.07, 6.45) is 5.63. The van der Waals surface area contributed by atoms with Gasteiger partial charge in [0.25, 0.3) is 0 Å². The smallest absolute Gasteiger partial charge is 0.231 e. The van der Waals surface area contributed by atoms with Crippen LogP contribution in [0.2, 0.25) is 0 Å². The maximum atomic E-state index is 14.7. The Kier molecular flexibility index (Phi) is 8.05. The van der Waals surface area contributed by atoms with E-state index in [-0.39, 0.29) is 16.9 Å². The van der Waals surface area contributed by atoms with Crippen LogP contribution in [0.1, 0.15) is 43.0 Å². The summed E-state index contributed by atoms with van der Waals surface area (Å²) in [6.45, 7) is 4.56. The van der Waals surface area contributed by atoms with Crippen molar-refractivity contribution in [1.82, 2.24) is 4.98 Å². The molecule has 0 radical (unpaired) electrons. The number of fused-ring (bicyclic) bond motifs is 1. The predicted octanol–water partition coefficient (Wildman–Crippen LogP) is 8.89. The quantitative estimate of drug-likeness (QED) is 0.119. The van der Waals surface area contributed by atoms with Crippen LogP contribution in [-0.4, -0.2) is 24.7 Å². The van der Waals surface area contributed by atoms with Gasteiger partial charge in [0.1, 0.15) is 28.3 Å². The third-order valence-electron chi connectivity index (χ3n) is 6.13. The van der Waals surface area contributed by atoms with E-state index in [2.05, 4.69) is 32.2 Å². The van der Waals surface area contributed by atoms with E-state index >= 15 is 0 Å². The van der Waals surface area contributed by atoms with Crippen molar-refractivity contribution in [2.45, 2.75) is 32.6 Å². The average Bonchev–Trinajstić information content (AvgIpc) is 3.64. The van der Waals surface area contributed by atoms with Gasteiger partial charge in [0.2, 0.25) is 5.13 Å². The number of nitrogens with zero attached hydrogens (tertiary/aromatic N) is 5. The van der Waals surface area contributed by atoms with Crippen molar-refractivity contribution in [2.75, 3.05) is 24.6 Å². The van der Waals surface area contributed by atoms with E-state index in [1.807, 2.05) is 31.2 Å². The van der Waals surface area contributed by atoms with Crippen LogP contribution in [0.25, 0.3) is 21.2 Å². The van der Waals surface area contributed by atoms with Crippen LogP contribution in [0.15, 0.2) is 52.7 Å². The number of azo groups is 1. The maximum Gasteiger partial charge on any atom is 0.231 e. The van der Waals surface area contributed by atoms with Crippen molar-refractivity contribution in [3.8, 4) is 11.8 Å². The third kappa shape index (κ3) is 5.90. The van der Waals surface area contributed by atoms with Crippen LogP contribution in [-0.2, 0) is 0 Å². The molecule has 10 heteroatoms. The van der Waals surface area contributed by atoms with Gasteiger partial charge in [0, 0.05) is 35.8 Å². The molecule has 0 amide bonds. The van der Waals surface area contributed by atoms with Gasteiger partial charge in [0.15, 0.2) is 0 Å². The SMILES string of the molecule is CCCCOc1cc(F)c(/C(C#N)=C/c2cc3sc(/N=N/c4ccc(N5CCCC5)cc4)nc3s2)c(F)c1. The normalized spacial score (nSPS) is 14.1. The van der Waals surface area contributed by atoms with Crippen molar-refractivity contribution >= 4 is 60.4 Å². The fourth-order valence-corrected chi connectivity index (χ4v) is 6.17. The molecule has 0 unspecified atom stereocenters. The van der Waals surface area contributed by atoms with Crippen LogP contribution < -0.4 is 9.64 Å². The highest BCUT2D eigenvalue weighted by Gasteiger charge is 2.18. The molecule has 194 valence electrons. The van der Waals surface area contributed by atoms with Crippen molar-refractivity contribution in [3.05, 3.63) is 64.5 Å². The molecular formula is C28H25F2N5OS2. The molecule has 0 spiro atoms. The minimum atomic E-state index is -0.836. The van der Waals surface area contributed by atoms with Crippen molar-refractivity contribution < 1.29 is 13.5 Å². The van der Waals surface area contributed by atoms with Crippen LogP contribution in [0, 0.1) is 23.0 Å². The Morgan fingerprint density at radius 1 is 1.11 bits per heavy atom. The lowest BCUT2D eigenvalue weighted by Gasteiger charge is -2.17. The highest BCUT2D eigenvalue weighted by Crippen LogP contribution is 2.37. The summed E-state index contributed by atoms with van der Waals surface area (Å²) in [7, 11) is 0. The monoisotopic (exact) mass is 549 g/mol. The Balaban J connectivity index is 1.31. The molecule has 1 aliphatic rings. The zero-order valence-corrected chi connectivity index (χ0v) is 22.4. The summed E-state index contributed by atoms with van der Waals surface area (Å²) >= 11 is 2.68. The number of allylic oxidation sites excluding steroid dienone is 1. The Bertz CT molecular complexity index is 1470. The third-order valence-corrected chi connectivity index (χ3v) is 8.12. The molecule has 5 rings (SSSR count). The number of rotatable bonds is 9.